The largest absolute Gasteiger partial charge is 0.497 e. The fourth-order valence-electron chi connectivity index (χ4n) is 2.54. The molecule has 1 amide bonds. The summed E-state index contributed by atoms with van der Waals surface area (Å²) in [4.78, 5) is 17.4. The van der Waals surface area contributed by atoms with Gasteiger partial charge in [0, 0.05) is 12.0 Å². The fraction of sp³-hybridized carbons (Fsp3) is 0.222. The summed E-state index contributed by atoms with van der Waals surface area (Å²) in [6.45, 7) is 0. The Labute approximate surface area is 147 Å². The highest BCUT2D eigenvalue weighted by Gasteiger charge is 2.35. The second kappa shape index (κ2) is 7.07. The van der Waals surface area contributed by atoms with Gasteiger partial charge in [0.2, 0.25) is 6.10 Å². The quantitative estimate of drug-likeness (QED) is 0.897. The number of para-hydroxylation sites is 1. The number of alkyl halides is 3. The number of anilines is 1. The number of ether oxygens (including phenoxy) is 1. The molecular formula is C18H15F3N2O3. The molecule has 0 aromatic heterocycles. The molecule has 0 fully saturated rings. The minimum absolute atomic E-state index is 0.146. The minimum Gasteiger partial charge on any atom is -0.497 e. The highest BCUT2D eigenvalue weighted by molar-refractivity contribution is 6.06. The number of carbonyl (C=O) groups excluding carboxylic acids is 1. The summed E-state index contributed by atoms with van der Waals surface area (Å²) in [5.41, 5.74) is 0.00668. The van der Waals surface area contributed by atoms with Crippen LogP contribution in [0.15, 0.2) is 53.7 Å². The van der Waals surface area contributed by atoms with Crippen molar-refractivity contribution >= 4 is 17.3 Å². The molecule has 0 unspecified atom stereocenters. The third kappa shape index (κ3) is 3.79. The van der Waals surface area contributed by atoms with Gasteiger partial charge in [-0.05, 0) is 24.3 Å². The Morgan fingerprint density at radius 1 is 1.23 bits per heavy atom. The number of rotatable bonds is 4. The number of carbonyl (C=O) groups is 1. The van der Waals surface area contributed by atoms with Crippen LogP contribution >= 0.6 is 0 Å². The van der Waals surface area contributed by atoms with Crippen LogP contribution in [0.1, 0.15) is 17.5 Å². The van der Waals surface area contributed by atoms with Crippen molar-refractivity contribution in [3.8, 4) is 5.75 Å². The van der Waals surface area contributed by atoms with Gasteiger partial charge < -0.3 is 14.9 Å². The first kappa shape index (κ1) is 17.8. The summed E-state index contributed by atoms with van der Waals surface area (Å²) in [6, 6.07) is 11.8. The first-order valence-electron chi connectivity index (χ1n) is 7.72. The molecule has 1 aliphatic heterocycles. The lowest BCUT2D eigenvalue weighted by Crippen LogP contribution is -2.29. The summed E-state index contributed by atoms with van der Waals surface area (Å²) in [6.07, 6.45) is -5.42. The highest BCUT2D eigenvalue weighted by atomic mass is 19.4. The maximum Gasteiger partial charge on any atom is 0.418 e. The summed E-state index contributed by atoms with van der Waals surface area (Å²) in [7, 11) is 1.53. The first-order valence-corrected chi connectivity index (χ1v) is 7.72. The smallest absolute Gasteiger partial charge is 0.418 e. The van der Waals surface area contributed by atoms with Crippen molar-refractivity contribution in [2.24, 2.45) is 5.16 Å². The number of amides is 1. The molecule has 0 spiro atoms. The van der Waals surface area contributed by atoms with Crippen molar-refractivity contribution in [2.45, 2.75) is 18.7 Å². The van der Waals surface area contributed by atoms with Gasteiger partial charge in [-0.15, -0.1) is 0 Å². The second-order valence-corrected chi connectivity index (χ2v) is 5.60. The lowest BCUT2D eigenvalue weighted by Gasteiger charge is -2.15. The number of halogens is 3. The standard InChI is InChI=1S/C18H15F3N2O3/c1-25-12-6-4-5-11(9-12)15-10-16(26-23-15)17(24)22-14-8-3-2-7-13(14)18(19,20)21/h2-9,16H,10H2,1H3,(H,22,24)/t16-/m0/s1. The number of hydrogen-bond donors (Lipinski definition) is 1. The summed E-state index contributed by atoms with van der Waals surface area (Å²) >= 11 is 0. The van der Waals surface area contributed by atoms with Gasteiger partial charge in [-0.3, -0.25) is 4.79 Å². The predicted molar refractivity (Wildman–Crippen MR) is 89.1 cm³/mol. The monoisotopic (exact) mass is 364 g/mol. The second-order valence-electron chi connectivity index (χ2n) is 5.60. The zero-order chi connectivity index (χ0) is 18.7. The van der Waals surface area contributed by atoms with Crippen LogP contribution in [0.4, 0.5) is 18.9 Å². The van der Waals surface area contributed by atoms with E-state index >= 15 is 0 Å². The average Bonchev–Trinajstić information content (AvgIpc) is 3.11. The molecule has 8 heteroatoms. The average molecular weight is 364 g/mol. The van der Waals surface area contributed by atoms with Gasteiger partial charge in [-0.25, -0.2) is 0 Å². The molecule has 1 N–H and O–H groups in total. The van der Waals surface area contributed by atoms with Crippen molar-refractivity contribution in [2.75, 3.05) is 12.4 Å². The molecule has 3 rings (SSSR count). The van der Waals surface area contributed by atoms with E-state index in [9.17, 15) is 18.0 Å². The van der Waals surface area contributed by atoms with E-state index in [1.807, 2.05) is 0 Å². The molecule has 2 aromatic carbocycles. The Morgan fingerprint density at radius 3 is 2.73 bits per heavy atom. The van der Waals surface area contributed by atoms with E-state index in [1.54, 1.807) is 24.3 Å². The van der Waals surface area contributed by atoms with Crippen molar-refractivity contribution in [1.82, 2.24) is 0 Å². The van der Waals surface area contributed by atoms with E-state index in [0.717, 1.165) is 11.6 Å². The molecule has 0 saturated heterocycles. The molecule has 1 heterocycles. The van der Waals surface area contributed by atoms with Crippen molar-refractivity contribution in [3.63, 3.8) is 0 Å². The molecule has 5 nitrogen and oxygen atoms in total. The van der Waals surface area contributed by atoms with E-state index < -0.39 is 23.8 Å². The van der Waals surface area contributed by atoms with E-state index in [4.69, 9.17) is 9.57 Å². The van der Waals surface area contributed by atoms with E-state index in [1.165, 1.54) is 25.3 Å². The molecule has 1 atom stereocenters. The molecule has 0 saturated carbocycles. The van der Waals surface area contributed by atoms with Crippen molar-refractivity contribution < 1.29 is 27.5 Å². The third-order valence-corrected chi connectivity index (χ3v) is 3.85. The van der Waals surface area contributed by atoms with Gasteiger partial charge in [-0.2, -0.15) is 13.2 Å². The SMILES string of the molecule is COc1cccc(C2=NO[C@H](C(=O)Nc3ccccc3C(F)(F)F)C2)c1. The molecule has 2 aromatic rings. The lowest BCUT2D eigenvalue weighted by molar-refractivity contribution is -0.137. The molecule has 26 heavy (non-hydrogen) atoms. The number of hydrogen-bond acceptors (Lipinski definition) is 4. The highest BCUT2D eigenvalue weighted by Crippen LogP contribution is 2.34. The van der Waals surface area contributed by atoms with Crippen LogP contribution in [0.2, 0.25) is 0 Å². The predicted octanol–water partition coefficient (Wildman–Crippen LogP) is 3.85. The fourth-order valence-corrected chi connectivity index (χ4v) is 2.54. The molecule has 0 bridgehead atoms. The molecule has 1 aliphatic rings. The zero-order valence-electron chi connectivity index (χ0n) is 13.7. The Hall–Kier alpha value is -3.03. The Morgan fingerprint density at radius 2 is 2.00 bits per heavy atom. The van der Waals surface area contributed by atoms with Gasteiger partial charge in [0.15, 0.2) is 0 Å². The van der Waals surface area contributed by atoms with Crippen LogP contribution in [0.25, 0.3) is 0 Å². The Kier molecular flexibility index (Phi) is 4.83. The van der Waals surface area contributed by atoms with Crippen LogP contribution in [0.3, 0.4) is 0 Å². The van der Waals surface area contributed by atoms with Crippen LogP contribution in [0, 0.1) is 0 Å². The van der Waals surface area contributed by atoms with Crippen LogP contribution in [-0.4, -0.2) is 24.8 Å². The Bertz CT molecular complexity index is 850. The topological polar surface area (TPSA) is 59.9 Å². The maximum absolute atomic E-state index is 13.0. The Balaban J connectivity index is 1.70. The third-order valence-electron chi connectivity index (χ3n) is 3.85. The summed E-state index contributed by atoms with van der Waals surface area (Å²) < 4.78 is 44.2. The van der Waals surface area contributed by atoms with Gasteiger partial charge in [0.25, 0.3) is 5.91 Å². The molecule has 0 radical (unpaired) electrons. The maximum atomic E-state index is 13.0. The van der Waals surface area contributed by atoms with E-state index in [0.29, 0.717) is 11.5 Å². The van der Waals surface area contributed by atoms with Crippen molar-refractivity contribution in [3.05, 3.63) is 59.7 Å². The summed E-state index contributed by atoms with van der Waals surface area (Å²) in [5.74, 6) is -0.0689. The minimum atomic E-state index is -4.57. The van der Waals surface area contributed by atoms with Crippen molar-refractivity contribution in [1.29, 1.82) is 0 Å². The number of benzene rings is 2. The van der Waals surface area contributed by atoms with Gasteiger partial charge >= 0.3 is 6.18 Å². The van der Waals surface area contributed by atoms with Crippen LogP contribution in [-0.2, 0) is 15.8 Å². The van der Waals surface area contributed by atoms with E-state index in [-0.39, 0.29) is 12.1 Å². The number of nitrogens with zero attached hydrogens (tertiary/aromatic N) is 1. The van der Waals surface area contributed by atoms with Gasteiger partial charge in [-0.1, -0.05) is 29.4 Å². The van der Waals surface area contributed by atoms with Crippen LogP contribution < -0.4 is 10.1 Å². The lowest BCUT2D eigenvalue weighted by atomic mass is 10.0. The van der Waals surface area contributed by atoms with Crippen LogP contribution in [0.5, 0.6) is 5.75 Å². The van der Waals surface area contributed by atoms with E-state index in [2.05, 4.69) is 10.5 Å². The van der Waals surface area contributed by atoms with Gasteiger partial charge in [0.05, 0.1) is 24.1 Å². The molecular weight excluding hydrogens is 349 g/mol. The van der Waals surface area contributed by atoms with Gasteiger partial charge in [0.1, 0.15) is 5.75 Å². The number of oxime groups is 1. The first-order chi connectivity index (χ1) is 12.4. The molecule has 0 aliphatic carbocycles. The number of methoxy groups -OCH3 is 1. The summed E-state index contributed by atoms with van der Waals surface area (Å²) in [5, 5.41) is 6.15. The zero-order valence-corrected chi connectivity index (χ0v) is 13.7. The normalized spacial score (nSPS) is 16.6. The molecule has 136 valence electrons. The number of nitrogens with one attached hydrogen (secondary N) is 1.